The number of thiophene rings is 1. The monoisotopic (exact) mass is 439 g/mol. The number of ketones is 1. The molecule has 1 atom stereocenters. The lowest BCUT2D eigenvalue weighted by atomic mass is 10.00. The quantitative estimate of drug-likeness (QED) is 0.327. The van der Waals surface area contributed by atoms with E-state index < -0.39 is 17.7 Å². The van der Waals surface area contributed by atoms with Crippen LogP contribution < -0.4 is 9.64 Å². The normalized spacial score (nSPS) is 18.1. The summed E-state index contributed by atoms with van der Waals surface area (Å²) in [5, 5.41) is 13.4. The minimum Gasteiger partial charge on any atom is -0.507 e. The molecule has 0 spiro atoms. The Labute approximate surface area is 182 Å². The van der Waals surface area contributed by atoms with Crippen LogP contribution in [0.3, 0.4) is 0 Å². The van der Waals surface area contributed by atoms with Crippen LogP contribution in [-0.2, 0) is 9.59 Å². The van der Waals surface area contributed by atoms with Crippen molar-refractivity contribution in [2.75, 3.05) is 11.5 Å². The molecular formula is C23H18ClNO4S. The predicted molar refractivity (Wildman–Crippen MR) is 118 cm³/mol. The van der Waals surface area contributed by atoms with Crippen LogP contribution in [-0.4, -0.2) is 23.4 Å². The minimum absolute atomic E-state index is 0.0478. The van der Waals surface area contributed by atoms with Gasteiger partial charge in [-0.2, -0.15) is 0 Å². The van der Waals surface area contributed by atoms with Crippen molar-refractivity contribution < 1.29 is 19.4 Å². The zero-order valence-corrected chi connectivity index (χ0v) is 17.6. The number of Topliss-reactive ketones (excluding diaryl/α,β-unsaturated/α-hetero) is 1. The van der Waals surface area contributed by atoms with Gasteiger partial charge >= 0.3 is 0 Å². The van der Waals surface area contributed by atoms with Crippen LogP contribution in [0.25, 0.3) is 5.76 Å². The molecule has 0 aliphatic carbocycles. The molecule has 2 aromatic carbocycles. The smallest absolute Gasteiger partial charge is 0.300 e. The number of aliphatic hydroxyl groups excluding tert-OH is 1. The fourth-order valence-electron chi connectivity index (χ4n) is 3.47. The van der Waals surface area contributed by atoms with Gasteiger partial charge in [0, 0.05) is 27.2 Å². The Morgan fingerprint density at radius 2 is 1.90 bits per heavy atom. The van der Waals surface area contributed by atoms with Crippen LogP contribution in [0.1, 0.15) is 23.4 Å². The van der Waals surface area contributed by atoms with Crippen LogP contribution in [0.15, 0.2) is 71.6 Å². The van der Waals surface area contributed by atoms with Crippen molar-refractivity contribution in [3.63, 3.8) is 0 Å². The summed E-state index contributed by atoms with van der Waals surface area (Å²) < 4.78 is 5.55. The van der Waals surface area contributed by atoms with Crippen molar-refractivity contribution in [3.05, 3.63) is 87.1 Å². The summed E-state index contributed by atoms with van der Waals surface area (Å²) in [5.41, 5.74) is 0.991. The maximum absolute atomic E-state index is 13.1. The third-order valence-electron chi connectivity index (χ3n) is 4.78. The van der Waals surface area contributed by atoms with E-state index >= 15 is 0 Å². The van der Waals surface area contributed by atoms with E-state index in [1.165, 1.54) is 16.2 Å². The Kier molecular flexibility index (Phi) is 5.61. The average Bonchev–Trinajstić information content (AvgIpc) is 3.36. The average molecular weight is 440 g/mol. The molecule has 1 aliphatic heterocycles. The summed E-state index contributed by atoms with van der Waals surface area (Å²) in [7, 11) is 0. The second-order valence-electron chi connectivity index (χ2n) is 6.62. The van der Waals surface area contributed by atoms with Crippen LogP contribution in [0.5, 0.6) is 5.75 Å². The van der Waals surface area contributed by atoms with Crippen molar-refractivity contribution in [2.24, 2.45) is 0 Å². The zero-order chi connectivity index (χ0) is 21.3. The van der Waals surface area contributed by atoms with E-state index in [1.54, 1.807) is 48.5 Å². The van der Waals surface area contributed by atoms with Crippen molar-refractivity contribution in [1.82, 2.24) is 0 Å². The second kappa shape index (κ2) is 8.34. The third kappa shape index (κ3) is 3.60. The molecule has 0 radical (unpaired) electrons. The number of carbonyl (C=O) groups is 2. The van der Waals surface area contributed by atoms with Crippen LogP contribution in [0.2, 0.25) is 5.02 Å². The Morgan fingerprint density at radius 3 is 2.57 bits per heavy atom. The SMILES string of the molecule is CCOc1cccc(N2C(=O)C(=O)/C(=C(\O)c3ccc(Cl)cc3)C2c2cccs2)c1. The molecule has 3 aromatic rings. The fraction of sp³-hybridized carbons (Fsp3) is 0.130. The molecule has 1 fully saturated rings. The molecule has 5 nitrogen and oxygen atoms in total. The van der Waals surface area contributed by atoms with E-state index in [4.69, 9.17) is 16.3 Å². The summed E-state index contributed by atoms with van der Waals surface area (Å²) in [6, 6.07) is 16.5. The molecule has 1 N–H and O–H groups in total. The number of hydrogen-bond acceptors (Lipinski definition) is 5. The first kappa shape index (κ1) is 20.2. The Balaban J connectivity index is 1.88. The van der Waals surface area contributed by atoms with E-state index in [-0.39, 0.29) is 11.3 Å². The lowest BCUT2D eigenvalue weighted by Crippen LogP contribution is -2.29. The maximum Gasteiger partial charge on any atom is 0.300 e. The van der Waals surface area contributed by atoms with Gasteiger partial charge in [0.25, 0.3) is 11.7 Å². The summed E-state index contributed by atoms with van der Waals surface area (Å²) >= 11 is 7.36. The van der Waals surface area contributed by atoms with Gasteiger partial charge in [-0.05, 0) is 54.8 Å². The van der Waals surface area contributed by atoms with Gasteiger partial charge in [-0.1, -0.05) is 23.7 Å². The Morgan fingerprint density at radius 1 is 1.13 bits per heavy atom. The van der Waals surface area contributed by atoms with Crippen LogP contribution in [0.4, 0.5) is 5.69 Å². The summed E-state index contributed by atoms with van der Waals surface area (Å²) in [6.45, 7) is 2.35. The molecule has 4 rings (SSSR count). The van der Waals surface area contributed by atoms with E-state index in [0.717, 1.165) is 4.88 Å². The standard InChI is InChI=1S/C23H18ClNO4S/c1-2-29-17-6-3-5-16(13-17)25-20(18-7-4-12-30-18)19(22(27)23(25)28)21(26)14-8-10-15(24)11-9-14/h3-13,20,26H,2H2,1H3/b21-19-. The fourth-order valence-corrected chi connectivity index (χ4v) is 4.42. The largest absolute Gasteiger partial charge is 0.507 e. The maximum atomic E-state index is 13.1. The third-order valence-corrected chi connectivity index (χ3v) is 5.96. The summed E-state index contributed by atoms with van der Waals surface area (Å²) in [5.74, 6) is -1.06. The van der Waals surface area contributed by atoms with E-state index in [0.29, 0.717) is 28.6 Å². The second-order valence-corrected chi connectivity index (χ2v) is 8.04. The Hall–Kier alpha value is -3.09. The molecule has 2 heterocycles. The first-order valence-corrected chi connectivity index (χ1v) is 10.6. The molecule has 30 heavy (non-hydrogen) atoms. The molecule has 0 bridgehead atoms. The van der Waals surface area contributed by atoms with Gasteiger partial charge in [0.05, 0.1) is 12.2 Å². The summed E-state index contributed by atoms with van der Waals surface area (Å²) in [4.78, 5) is 28.3. The number of benzene rings is 2. The number of rotatable bonds is 5. The highest BCUT2D eigenvalue weighted by Crippen LogP contribution is 2.44. The van der Waals surface area contributed by atoms with Gasteiger partial charge in [-0.15, -0.1) is 11.3 Å². The van der Waals surface area contributed by atoms with Crippen LogP contribution >= 0.6 is 22.9 Å². The molecule has 0 saturated carbocycles. The molecule has 1 aromatic heterocycles. The first-order valence-electron chi connectivity index (χ1n) is 9.34. The highest BCUT2D eigenvalue weighted by Gasteiger charge is 2.47. The highest BCUT2D eigenvalue weighted by molar-refractivity contribution is 7.10. The minimum atomic E-state index is -0.738. The molecule has 1 saturated heterocycles. The van der Waals surface area contributed by atoms with Gasteiger partial charge in [-0.25, -0.2) is 0 Å². The van der Waals surface area contributed by atoms with E-state index in [1.807, 2.05) is 24.4 Å². The number of anilines is 1. The van der Waals surface area contributed by atoms with E-state index in [9.17, 15) is 14.7 Å². The van der Waals surface area contributed by atoms with Crippen LogP contribution in [0, 0.1) is 0 Å². The van der Waals surface area contributed by atoms with Crippen molar-refractivity contribution in [1.29, 1.82) is 0 Å². The molecule has 152 valence electrons. The number of ether oxygens (including phenoxy) is 1. The van der Waals surface area contributed by atoms with Gasteiger partial charge < -0.3 is 9.84 Å². The first-order chi connectivity index (χ1) is 14.5. The molecule has 7 heteroatoms. The Bertz CT molecular complexity index is 1120. The van der Waals surface area contributed by atoms with Crippen molar-refractivity contribution >= 4 is 46.1 Å². The van der Waals surface area contributed by atoms with E-state index in [2.05, 4.69) is 0 Å². The zero-order valence-electron chi connectivity index (χ0n) is 16.0. The lowest BCUT2D eigenvalue weighted by molar-refractivity contribution is -0.132. The highest BCUT2D eigenvalue weighted by atomic mass is 35.5. The predicted octanol–water partition coefficient (Wildman–Crippen LogP) is 5.43. The number of hydrogen-bond donors (Lipinski definition) is 1. The van der Waals surface area contributed by atoms with Crippen molar-refractivity contribution in [3.8, 4) is 5.75 Å². The molecule has 1 aliphatic rings. The number of amides is 1. The lowest BCUT2D eigenvalue weighted by Gasteiger charge is -2.24. The number of nitrogens with zero attached hydrogens (tertiary/aromatic N) is 1. The van der Waals surface area contributed by atoms with Crippen molar-refractivity contribution in [2.45, 2.75) is 13.0 Å². The number of carbonyl (C=O) groups excluding carboxylic acids is 2. The van der Waals surface area contributed by atoms with Gasteiger partial charge in [-0.3, -0.25) is 14.5 Å². The van der Waals surface area contributed by atoms with Gasteiger partial charge in [0.2, 0.25) is 0 Å². The topological polar surface area (TPSA) is 66.8 Å². The molecule has 1 unspecified atom stereocenters. The molecule has 1 amide bonds. The number of aliphatic hydroxyl groups is 1. The molecular weight excluding hydrogens is 422 g/mol. The number of halogens is 1. The van der Waals surface area contributed by atoms with Gasteiger partial charge in [0.15, 0.2) is 0 Å². The van der Waals surface area contributed by atoms with Gasteiger partial charge in [0.1, 0.15) is 17.6 Å². The summed E-state index contributed by atoms with van der Waals surface area (Å²) in [6.07, 6.45) is 0.